The first kappa shape index (κ1) is 16.6. The Morgan fingerprint density at radius 1 is 1.30 bits per heavy atom. The standard InChI is InChI=1S/C15H21NO3S/c1-3-4-5-13(15(18)19)16-14(17)12-8-6-11(7-9-12)10-20-2/h6-9,13H,3-5,10H2,1-2H3,(H,16,17)(H,18,19)/t13-/m0/s1. The molecule has 0 aliphatic heterocycles. The summed E-state index contributed by atoms with van der Waals surface area (Å²) in [7, 11) is 0. The van der Waals surface area contributed by atoms with Crippen LogP contribution in [0.15, 0.2) is 24.3 Å². The summed E-state index contributed by atoms with van der Waals surface area (Å²) in [4.78, 5) is 23.1. The Hall–Kier alpha value is -1.49. The van der Waals surface area contributed by atoms with E-state index in [9.17, 15) is 9.59 Å². The SMILES string of the molecule is CCCC[C@H](NC(=O)c1ccc(CSC)cc1)C(=O)O. The van der Waals surface area contributed by atoms with E-state index in [1.807, 2.05) is 25.3 Å². The zero-order chi connectivity index (χ0) is 15.0. The van der Waals surface area contributed by atoms with Crippen molar-refractivity contribution in [2.24, 2.45) is 0 Å². The van der Waals surface area contributed by atoms with Crippen molar-refractivity contribution in [2.45, 2.75) is 38.0 Å². The minimum Gasteiger partial charge on any atom is -0.480 e. The zero-order valence-corrected chi connectivity index (χ0v) is 12.7. The lowest BCUT2D eigenvalue weighted by Crippen LogP contribution is -2.40. The summed E-state index contributed by atoms with van der Waals surface area (Å²) in [5, 5.41) is 11.7. The van der Waals surface area contributed by atoms with Crippen LogP contribution in [0.1, 0.15) is 42.1 Å². The van der Waals surface area contributed by atoms with E-state index in [-0.39, 0.29) is 5.91 Å². The maximum absolute atomic E-state index is 12.0. The molecule has 1 amide bonds. The number of nitrogens with one attached hydrogen (secondary N) is 1. The fraction of sp³-hybridized carbons (Fsp3) is 0.467. The van der Waals surface area contributed by atoms with Gasteiger partial charge in [-0.2, -0.15) is 11.8 Å². The van der Waals surface area contributed by atoms with Crippen LogP contribution in [0, 0.1) is 0 Å². The van der Waals surface area contributed by atoms with Crippen molar-refractivity contribution in [2.75, 3.05) is 6.26 Å². The molecular weight excluding hydrogens is 274 g/mol. The van der Waals surface area contributed by atoms with Gasteiger partial charge in [0.1, 0.15) is 6.04 Å². The zero-order valence-electron chi connectivity index (χ0n) is 11.9. The largest absolute Gasteiger partial charge is 0.480 e. The van der Waals surface area contributed by atoms with E-state index >= 15 is 0 Å². The van der Waals surface area contributed by atoms with Gasteiger partial charge in [-0.15, -0.1) is 0 Å². The number of benzene rings is 1. The van der Waals surface area contributed by atoms with Crippen LogP contribution >= 0.6 is 11.8 Å². The van der Waals surface area contributed by atoms with Crippen molar-refractivity contribution < 1.29 is 14.7 Å². The number of carboxylic acids is 1. The molecule has 1 atom stereocenters. The molecule has 1 rings (SSSR count). The van der Waals surface area contributed by atoms with Crippen molar-refractivity contribution >= 4 is 23.6 Å². The molecule has 20 heavy (non-hydrogen) atoms. The summed E-state index contributed by atoms with van der Waals surface area (Å²) in [6.07, 6.45) is 4.17. The van der Waals surface area contributed by atoms with Crippen molar-refractivity contribution in [3.63, 3.8) is 0 Å². The Labute approximate surface area is 124 Å². The monoisotopic (exact) mass is 295 g/mol. The van der Waals surface area contributed by atoms with Crippen molar-refractivity contribution in [1.29, 1.82) is 0 Å². The van der Waals surface area contributed by atoms with Crippen LogP contribution in [0.3, 0.4) is 0 Å². The lowest BCUT2D eigenvalue weighted by atomic mass is 10.1. The van der Waals surface area contributed by atoms with Crippen LogP contribution in [0.25, 0.3) is 0 Å². The Morgan fingerprint density at radius 3 is 2.45 bits per heavy atom. The third kappa shape index (κ3) is 5.25. The first-order chi connectivity index (χ1) is 9.58. The summed E-state index contributed by atoms with van der Waals surface area (Å²) in [6.45, 7) is 1.99. The van der Waals surface area contributed by atoms with Crippen molar-refractivity contribution in [3.05, 3.63) is 35.4 Å². The molecule has 0 aromatic heterocycles. The third-order valence-corrected chi connectivity index (χ3v) is 3.60. The number of amides is 1. The number of carbonyl (C=O) groups excluding carboxylic acids is 1. The normalized spacial score (nSPS) is 11.9. The Morgan fingerprint density at radius 2 is 1.95 bits per heavy atom. The molecule has 0 bridgehead atoms. The maximum Gasteiger partial charge on any atom is 0.326 e. The van der Waals surface area contributed by atoms with Crippen LogP contribution in [0.2, 0.25) is 0 Å². The summed E-state index contributed by atoms with van der Waals surface area (Å²) >= 11 is 1.71. The highest BCUT2D eigenvalue weighted by Gasteiger charge is 2.19. The predicted molar refractivity (Wildman–Crippen MR) is 82.1 cm³/mol. The first-order valence-electron chi connectivity index (χ1n) is 6.70. The van der Waals surface area contributed by atoms with E-state index < -0.39 is 12.0 Å². The number of carbonyl (C=O) groups is 2. The molecule has 0 heterocycles. The summed E-state index contributed by atoms with van der Waals surface area (Å²) in [5.41, 5.74) is 1.65. The number of hydrogen-bond acceptors (Lipinski definition) is 3. The van der Waals surface area contributed by atoms with Gasteiger partial charge in [0.15, 0.2) is 0 Å². The summed E-state index contributed by atoms with van der Waals surface area (Å²) in [6, 6.07) is 6.45. The Balaban J connectivity index is 2.65. The van der Waals surface area contributed by atoms with Gasteiger partial charge in [0, 0.05) is 11.3 Å². The molecule has 1 aromatic carbocycles. The van der Waals surface area contributed by atoms with Gasteiger partial charge in [0.25, 0.3) is 5.91 Å². The highest BCUT2D eigenvalue weighted by Crippen LogP contribution is 2.11. The average Bonchev–Trinajstić information content (AvgIpc) is 2.44. The van der Waals surface area contributed by atoms with E-state index in [1.165, 1.54) is 0 Å². The summed E-state index contributed by atoms with van der Waals surface area (Å²) in [5.74, 6) is -0.411. The van der Waals surface area contributed by atoms with E-state index in [0.717, 1.165) is 24.2 Å². The van der Waals surface area contributed by atoms with Gasteiger partial charge in [0.05, 0.1) is 0 Å². The number of hydrogen-bond donors (Lipinski definition) is 2. The van der Waals surface area contributed by atoms with E-state index in [4.69, 9.17) is 5.11 Å². The fourth-order valence-electron chi connectivity index (χ4n) is 1.83. The van der Waals surface area contributed by atoms with Crippen LogP contribution < -0.4 is 5.32 Å². The molecule has 0 spiro atoms. The maximum atomic E-state index is 12.0. The van der Waals surface area contributed by atoms with Crippen LogP contribution in [0.4, 0.5) is 0 Å². The van der Waals surface area contributed by atoms with Gasteiger partial charge in [-0.05, 0) is 30.4 Å². The molecule has 2 N–H and O–H groups in total. The molecule has 0 saturated heterocycles. The molecule has 1 aromatic rings. The van der Waals surface area contributed by atoms with Gasteiger partial charge in [0.2, 0.25) is 0 Å². The van der Waals surface area contributed by atoms with Gasteiger partial charge in [-0.1, -0.05) is 31.9 Å². The minimum atomic E-state index is -0.981. The second-order valence-corrected chi connectivity index (χ2v) is 5.50. The van der Waals surface area contributed by atoms with Crippen LogP contribution in [0.5, 0.6) is 0 Å². The predicted octanol–water partition coefficient (Wildman–Crippen LogP) is 2.92. The van der Waals surface area contributed by atoms with Crippen molar-refractivity contribution in [1.82, 2.24) is 5.32 Å². The first-order valence-corrected chi connectivity index (χ1v) is 8.09. The lowest BCUT2D eigenvalue weighted by Gasteiger charge is -2.14. The smallest absolute Gasteiger partial charge is 0.326 e. The number of rotatable bonds is 8. The number of thioether (sulfide) groups is 1. The molecule has 5 heteroatoms. The Kier molecular flexibility index (Phi) is 7.15. The number of aliphatic carboxylic acids is 1. The van der Waals surface area contributed by atoms with Crippen LogP contribution in [-0.2, 0) is 10.5 Å². The lowest BCUT2D eigenvalue weighted by molar-refractivity contribution is -0.139. The van der Waals surface area contributed by atoms with Crippen LogP contribution in [-0.4, -0.2) is 29.3 Å². The quantitative estimate of drug-likeness (QED) is 0.774. The number of unbranched alkanes of at least 4 members (excludes halogenated alkanes) is 1. The second-order valence-electron chi connectivity index (χ2n) is 4.64. The Bertz CT molecular complexity index is 445. The molecule has 0 fully saturated rings. The van der Waals surface area contributed by atoms with E-state index in [0.29, 0.717) is 12.0 Å². The molecule has 4 nitrogen and oxygen atoms in total. The molecule has 0 saturated carbocycles. The van der Waals surface area contributed by atoms with E-state index in [1.54, 1.807) is 23.9 Å². The second kappa shape index (κ2) is 8.64. The van der Waals surface area contributed by atoms with Gasteiger partial charge >= 0.3 is 5.97 Å². The minimum absolute atomic E-state index is 0.329. The molecular formula is C15H21NO3S. The summed E-state index contributed by atoms with van der Waals surface area (Å²) < 4.78 is 0. The molecule has 0 radical (unpaired) electrons. The topological polar surface area (TPSA) is 66.4 Å². The highest BCUT2D eigenvalue weighted by atomic mass is 32.2. The molecule has 0 aliphatic rings. The number of carboxylic acid groups (broad SMARTS) is 1. The van der Waals surface area contributed by atoms with Gasteiger partial charge < -0.3 is 10.4 Å². The highest BCUT2D eigenvalue weighted by molar-refractivity contribution is 7.97. The van der Waals surface area contributed by atoms with Gasteiger partial charge in [-0.3, -0.25) is 4.79 Å². The third-order valence-electron chi connectivity index (χ3n) is 2.98. The van der Waals surface area contributed by atoms with Crippen molar-refractivity contribution in [3.8, 4) is 0 Å². The molecule has 0 unspecified atom stereocenters. The fourth-order valence-corrected chi connectivity index (χ4v) is 2.35. The van der Waals surface area contributed by atoms with Gasteiger partial charge in [-0.25, -0.2) is 4.79 Å². The average molecular weight is 295 g/mol. The molecule has 110 valence electrons. The molecule has 0 aliphatic carbocycles. The van der Waals surface area contributed by atoms with E-state index in [2.05, 4.69) is 5.32 Å².